The highest BCUT2D eigenvalue weighted by molar-refractivity contribution is 7.92. The van der Waals surface area contributed by atoms with Crippen molar-refractivity contribution in [2.45, 2.75) is 20.3 Å². The molecule has 12 nitrogen and oxygen atoms in total. The molecule has 0 radical (unpaired) electrons. The second-order valence-electron chi connectivity index (χ2n) is 8.04. The summed E-state index contributed by atoms with van der Waals surface area (Å²) in [6.45, 7) is 3.52. The predicted octanol–water partition coefficient (Wildman–Crippen LogP) is 2.61. The van der Waals surface area contributed by atoms with Crippen LogP contribution < -0.4 is 19.8 Å². The van der Waals surface area contributed by atoms with E-state index in [0.29, 0.717) is 11.6 Å². The summed E-state index contributed by atoms with van der Waals surface area (Å²) in [5.41, 5.74) is -0.596. The van der Waals surface area contributed by atoms with Crippen LogP contribution >= 0.6 is 0 Å². The van der Waals surface area contributed by atoms with Crippen LogP contribution in [-0.4, -0.2) is 53.0 Å². The van der Waals surface area contributed by atoms with Gasteiger partial charge >= 0.3 is 0 Å². The number of nitrogens with one attached hydrogen (secondary N) is 1. The molecule has 0 aliphatic rings. The standard InChI is InChI=1S/C24H25N5O7S/c1-14-12-25-19(26-13-14)10-11-37(32,33)28-20-23(30)27-22(18-9-8-15(2)36-18)29(24(20)31)21-16(34-3)6-5-7-17(21)35-4/h5-9,12-13,28,30H,10-11H2,1-4H3. The average molecular weight is 528 g/mol. The second kappa shape index (κ2) is 10.3. The molecule has 3 aromatic heterocycles. The van der Waals surface area contributed by atoms with Gasteiger partial charge in [0.15, 0.2) is 17.3 Å². The Morgan fingerprint density at radius 2 is 1.70 bits per heavy atom. The van der Waals surface area contributed by atoms with Crippen LogP contribution in [0.4, 0.5) is 5.69 Å². The summed E-state index contributed by atoms with van der Waals surface area (Å²) in [7, 11) is -1.31. The zero-order valence-electron chi connectivity index (χ0n) is 20.5. The fourth-order valence-electron chi connectivity index (χ4n) is 3.56. The van der Waals surface area contributed by atoms with Crippen LogP contribution in [-0.2, 0) is 16.4 Å². The molecular formula is C24H25N5O7S. The summed E-state index contributed by atoms with van der Waals surface area (Å²) in [4.78, 5) is 26.1. The lowest BCUT2D eigenvalue weighted by molar-refractivity contribution is 0.389. The quantitative estimate of drug-likeness (QED) is 0.331. The van der Waals surface area contributed by atoms with Crippen molar-refractivity contribution in [1.82, 2.24) is 19.5 Å². The number of methoxy groups -OCH3 is 2. The van der Waals surface area contributed by atoms with Gasteiger partial charge in [-0.1, -0.05) is 6.07 Å². The van der Waals surface area contributed by atoms with Crippen molar-refractivity contribution in [3.8, 4) is 34.7 Å². The van der Waals surface area contributed by atoms with Crippen LogP contribution in [0.15, 0.2) is 51.9 Å². The highest BCUT2D eigenvalue weighted by Gasteiger charge is 2.27. The van der Waals surface area contributed by atoms with Crippen LogP contribution in [0.25, 0.3) is 17.3 Å². The monoisotopic (exact) mass is 527 g/mol. The van der Waals surface area contributed by atoms with E-state index in [4.69, 9.17) is 13.9 Å². The minimum atomic E-state index is -4.12. The lowest BCUT2D eigenvalue weighted by atomic mass is 10.2. The molecule has 0 amide bonds. The molecule has 13 heteroatoms. The fourth-order valence-corrected chi connectivity index (χ4v) is 4.60. The molecule has 1 aromatic carbocycles. The number of rotatable bonds is 9. The van der Waals surface area contributed by atoms with Gasteiger partial charge in [-0.2, -0.15) is 4.98 Å². The molecule has 4 aromatic rings. The number of hydrogen-bond acceptors (Lipinski definition) is 10. The molecule has 4 rings (SSSR count). The molecule has 0 bridgehead atoms. The molecule has 0 saturated carbocycles. The van der Waals surface area contributed by atoms with Gasteiger partial charge < -0.3 is 19.0 Å². The third-order valence-corrected chi connectivity index (χ3v) is 6.59. The largest absolute Gasteiger partial charge is 0.494 e. The molecule has 0 fully saturated rings. The van der Waals surface area contributed by atoms with Gasteiger partial charge in [0, 0.05) is 18.8 Å². The Bertz CT molecular complexity index is 1570. The molecule has 37 heavy (non-hydrogen) atoms. The SMILES string of the molecule is COc1cccc(OC)c1-n1c(-c2ccc(C)o2)nc(O)c(NS(=O)(=O)CCc2ncc(C)cn2)c1=O. The zero-order valence-corrected chi connectivity index (χ0v) is 21.4. The van der Waals surface area contributed by atoms with Crippen molar-refractivity contribution in [2.24, 2.45) is 0 Å². The zero-order chi connectivity index (χ0) is 26.7. The Morgan fingerprint density at radius 3 is 2.27 bits per heavy atom. The van der Waals surface area contributed by atoms with Crippen LogP contribution in [0.3, 0.4) is 0 Å². The topological polar surface area (TPSA) is 159 Å². The van der Waals surface area contributed by atoms with E-state index < -0.39 is 32.9 Å². The van der Waals surface area contributed by atoms with E-state index >= 15 is 0 Å². The number of aryl methyl sites for hydroxylation is 3. The molecular weight excluding hydrogens is 502 g/mol. The first kappa shape index (κ1) is 25.7. The number of furan rings is 1. The highest BCUT2D eigenvalue weighted by atomic mass is 32.2. The van der Waals surface area contributed by atoms with Crippen LogP contribution in [0.2, 0.25) is 0 Å². The number of para-hydroxylation sites is 1. The first-order valence-electron chi connectivity index (χ1n) is 11.1. The number of hydrogen-bond donors (Lipinski definition) is 2. The number of aromatic nitrogens is 4. The Labute approximate surface area is 212 Å². The Balaban J connectivity index is 1.84. The number of benzene rings is 1. The molecule has 0 saturated heterocycles. The molecule has 0 atom stereocenters. The molecule has 0 aliphatic heterocycles. The van der Waals surface area contributed by atoms with Crippen molar-refractivity contribution in [1.29, 1.82) is 0 Å². The smallest absolute Gasteiger partial charge is 0.287 e. The number of nitrogens with zero attached hydrogens (tertiary/aromatic N) is 4. The number of ether oxygens (including phenoxy) is 2. The molecule has 2 N–H and O–H groups in total. The van der Waals surface area contributed by atoms with Crippen molar-refractivity contribution >= 4 is 15.7 Å². The fraction of sp³-hybridized carbons (Fsp3) is 0.250. The van der Waals surface area contributed by atoms with Crippen molar-refractivity contribution in [3.63, 3.8) is 0 Å². The Morgan fingerprint density at radius 1 is 1.05 bits per heavy atom. The lowest BCUT2D eigenvalue weighted by Gasteiger charge is -2.19. The maximum absolute atomic E-state index is 13.8. The number of anilines is 1. The van der Waals surface area contributed by atoms with Gasteiger partial charge in [0.2, 0.25) is 15.9 Å². The van der Waals surface area contributed by atoms with Gasteiger partial charge in [0.05, 0.1) is 20.0 Å². The van der Waals surface area contributed by atoms with Crippen LogP contribution in [0.1, 0.15) is 17.1 Å². The van der Waals surface area contributed by atoms with E-state index in [0.717, 1.165) is 10.1 Å². The lowest BCUT2D eigenvalue weighted by Crippen LogP contribution is -2.29. The van der Waals surface area contributed by atoms with Crippen LogP contribution in [0.5, 0.6) is 17.4 Å². The number of aromatic hydroxyl groups is 1. The normalized spacial score (nSPS) is 11.4. The summed E-state index contributed by atoms with van der Waals surface area (Å²) in [6.07, 6.45) is 3.14. The van der Waals surface area contributed by atoms with Crippen molar-refractivity contribution in [2.75, 3.05) is 24.7 Å². The van der Waals surface area contributed by atoms with E-state index in [2.05, 4.69) is 19.7 Å². The first-order chi connectivity index (χ1) is 17.6. The first-order valence-corrected chi connectivity index (χ1v) is 12.7. The van der Waals surface area contributed by atoms with Gasteiger partial charge in [-0.3, -0.25) is 9.52 Å². The maximum Gasteiger partial charge on any atom is 0.287 e. The molecule has 194 valence electrons. The van der Waals surface area contributed by atoms with Gasteiger partial charge in [-0.05, 0) is 43.7 Å². The molecule has 0 unspecified atom stereocenters. The van der Waals surface area contributed by atoms with Gasteiger partial charge in [-0.25, -0.2) is 23.0 Å². The molecule has 0 aliphatic carbocycles. The van der Waals surface area contributed by atoms with E-state index in [-0.39, 0.29) is 35.2 Å². The van der Waals surface area contributed by atoms with E-state index in [1.807, 2.05) is 6.92 Å². The summed E-state index contributed by atoms with van der Waals surface area (Å²) in [6, 6.07) is 8.08. The summed E-state index contributed by atoms with van der Waals surface area (Å²) in [5, 5.41) is 10.7. The third kappa shape index (κ3) is 5.40. The van der Waals surface area contributed by atoms with Crippen molar-refractivity contribution in [3.05, 3.63) is 70.2 Å². The second-order valence-corrected chi connectivity index (χ2v) is 9.89. The average Bonchev–Trinajstić information content (AvgIpc) is 3.31. The van der Waals surface area contributed by atoms with Crippen molar-refractivity contribution < 1.29 is 27.4 Å². The summed E-state index contributed by atoms with van der Waals surface area (Å²) < 4.78 is 45.5. The summed E-state index contributed by atoms with van der Waals surface area (Å²) in [5.74, 6) is 0.134. The molecule has 3 heterocycles. The Kier molecular flexibility index (Phi) is 7.16. The van der Waals surface area contributed by atoms with Gasteiger partial charge in [-0.15, -0.1) is 0 Å². The Hall–Kier alpha value is -4.39. The third-order valence-electron chi connectivity index (χ3n) is 5.34. The van der Waals surface area contributed by atoms with E-state index in [9.17, 15) is 18.3 Å². The minimum absolute atomic E-state index is 0.0118. The van der Waals surface area contributed by atoms with Gasteiger partial charge in [0.25, 0.3) is 5.56 Å². The maximum atomic E-state index is 13.8. The van der Waals surface area contributed by atoms with E-state index in [1.165, 1.54) is 14.2 Å². The van der Waals surface area contributed by atoms with Crippen LogP contribution in [0, 0.1) is 13.8 Å². The van der Waals surface area contributed by atoms with Gasteiger partial charge in [0.1, 0.15) is 28.8 Å². The van der Waals surface area contributed by atoms with E-state index in [1.54, 1.807) is 49.6 Å². The highest BCUT2D eigenvalue weighted by Crippen LogP contribution is 2.36. The minimum Gasteiger partial charge on any atom is -0.494 e. The summed E-state index contributed by atoms with van der Waals surface area (Å²) >= 11 is 0. The predicted molar refractivity (Wildman–Crippen MR) is 135 cm³/mol. The number of sulfonamides is 1. The molecule has 0 spiro atoms.